The van der Waals surface area contributed by atoms with Crippen molar-refractivity contribution in [2.45, 2.75) is 36.1 Å². The molecule has 1 atom stereocenters. The van der Waals surface area contributed by atoms with E-state index in [1.807, 2.05) is 0 Å². The van der Waals surface area contributed by atoms with Crippen LogP contribution in [0.3, 0.4) is 0 Å². The smallest absolute Gasteiger partial charge is 0.441 e. The molecule has 2 fully saturated rings. The van der Waals surface area contributed by atoms with Gasteiger partial charge in [0.1, 0.15) is 16.2 Å². The van der Waals surface area contributed by atoms with Crippen LogP contribution in [0, 0.1) is 0 Å². The molecule has 1 aromatic rings. The molecule has 144 valence electrons. The molecule has 2 aliphatic rings. The Labute approximate surface area is 148 Å². The molecular formula is C15H17F3N2O5S. The fourth-order valence-corrected chi connectivity index (χ4v) is 4.77. The number of carbonyl (C=O) groups is 1. The lowest BCUT2D eigenvalue weighted by atomic mass is 9.95. The van der Waals surface area contributed by atoms with E-state index in [0.29, 0.717) is 12.8 Å². The van der Waals surface area contributed by atoms with Gasteiger partial charge >= 0.3 is 12.5 Å². The van der Waals surface area contributed by atoms with Crippen LogP contribution >= 0.6 is 0 Å². The van der Waals surface area contributed by atoms with E-state index in [0.717, 1.165) is 16.4 Å². The van der Waals surface area contributed by atoms with E-state index >= 15 is 0 Å². The average Bonchev–Trinajstić information content (AvgIpc) is 2.76. The Kier molecular flexibility index (Phi) is 4.78. The highest BCUT2D eigenvalue weighted by Crippen LogP contribution is 2.34. The molecule has 2 saturated heterocycles. The number of hydrogen-bond acceptors (Lipinski definition) is 5. The summed E-state index contributed by atoms with van der Waals surface area (Å²) in [4.78, 5) is 10.8. The second-order valence-corrected chi connectivity index (χ2v) is 8.08. The third-order valence-corrected chi connectivity index (χ3v) is 6.35. The van der Waals surface area contributed by atoms with Crippen LogP contribution in [0.4, 0.5) is 18.0 Å². The lowest BCUT2D eigenvalue weighted by molar-refractivity contribution is -0.275. The van der Waals surface area contributed by atoms with Crippen LogP contribution in [0.5, 0.6) is 5.75 Å². The Morgan fingerprint density at radius 1 is 1.19 bits per heavy atom. The van der Waals surface area contributed by atoms with Crippen molar-refractivity contribution in [1.29, 1.82) is 0 Å². The lowest BCUT2D eigenvalue weighted by Gasteiger charge is -2.25. The van der Waals surface area contributed by atoms with Crippen LogP contribution in [-0.2, 0) is 14.8 Å². The van der Waals surface area contributed by atoms with Gasteiger partial charge in [0.05, 0.1) is 6.54 Å². The van der Waals surface area contributed by atoms with Crippen molar-refractivity contribution in [3.63, 3.8) is 0 Å². The summed E-state index contributed by atoms with van der Waals surface area (Å²) in [6.45, 7) is 0.424. The van der Waals surface area contributed by atoms with Gasteiger partial charge in [0.2, 0.25) is 10.0 Å². The molecule has 0 aromatic heterocycles. The number of benzene rings is 1. The first-order valence-electron chi connectivity index (χ1n) is 7.93. The van der Waals surface area contributed by atoms with Crippen molar-refractivity contribution in [2.24, 2.45) is 0 Å². The van der Waals surface area contributed by atoms with Gasteiger partial charge in [-0.25, -0.2) is 13.2 Å². The van der Waals surface area contributed by atoms with E-state index in [4.69, 9.17) is 4.74 Å². The lowest BCUT2D eigenvalue weighted by Crippen LogP contribution is -2.36. The third-order valence-electron chi connectivity index (χ3n) is 4.41. The van der Waals surface area contributed by atoms with Crippen molar-refractivity contribution < 1.29 is 35.9 Å². The molecule has 0 bridgehead atoms. The monoisotopic (exact) mass is 394 g/mol. The highest BCUT2D eigenvalue weighted by atomic mass is 32.2. The summed E-state index contributed by atoms with van der Waals surface area (Å²) in [5, 5.41) is 2.55. The van der Waals surface area contributed by atoms with Crippen LogP contribution in [0.2, 0.25) is 0 Å². The maximum atomic E-state index is 12.9. The first-order chi connectivity index (χ1) is 12.1. The summed E-state index contributed by atoms with van der Waals surface area (Å²) in [6, 6.07) is 4.63. The van der Waals surface area contributed by atoms with Gasteiger partial charge < -0.3 is 14.8 Å². The van der Waals surface area contributed by atoms with E-state index in [1.165, 1.54) is 12.1 Å². The number of hydrogen-bond donors (Lipinski definition) is 1. The fourth-order valence-electron chi connectivity index (χ4n) is 3.18. The van der Waals surface area contributed by atoms with Gasteiger partial charge in [-0.1, -0.05) is 12.1 Å². The maximum Gasteiger partial charge on any atom is 0.573 e. The van der Waals surface area contributed by atoms with Gasteiger partial charge in [-0.3, -0.25) is 0 Å². The van der Waals surface area contributed by atoms with E-state index in [2.05, 4.69) is 10.1 Å². The highest BCUT2D eigenvalue weighted by Gasteiger charge is 2.43. The molecule has 7 nitrogen and oxygen atoms in total. The van der Waals surface area contributed by atoms with Crippen LogP contribution in [0.25, 0.3) is 0 Å². The van der Waals surface area contributed by atoms with Crippen LogP contribution in [0.15, 0.2) is 29.2 Å². The minimum absolute atomic E-state index is 0.0254. The van der Waals surface area contributed by atoms with Gasteiger partial charge in [0.25, 0.3) is 0 Å². The van der Waals surface area contributed by atoms with Gasteiger partial charge in [-0.2, -0.15) is 4.31 Å². The van der Waals surface area contributed by atoms with Crippen molar-refractivity contribution in [2.75, 3.05) is 19.6 Å². The zero-order valence-corrected chi connectivity index (χ0v) is 14.4. The van der Waals surface area contributed by atoms with Crippen molar-refractivity contribution in [3.8, 4) is 5.75 Å². The number of amides is 1. The first-order valence-corrected chi connectivity index (χ1v) is 9.37. The largest absolute Gasteiger partial charge is 0.573 e. The zero-order valence-electron chi connectivity index (χ0n) is 13.6. The molecule has 2 aliphatic heterocycles. The summed E-state index contributed by atoms with van der Waals surface area (Å²) < 4.78 is 73.7. The van der Waals surface area contributed by atoms with Gasteiger partial charge in [0.15, 0.2) is 0 Å². The number of rotatable bonds is 3. The van der Waals surface area contributed by atoms with Gasteiger partial charge in [-0.05, 0) is 25.0 Å². The molecule has 3 rings (SSSR count). The van der Waals surface area contributed by atoms with Crippen LogP contribution in [0.1, 0.15) is 19.3 Å². The number of halogens is 3. The Balaban J connectivity index is 1.84. The van der Waals surface area contributed by atoms with Crippen molar-refractivity contribution in [1.82, 2.24) is 9.62 Å². The van der Waals surface area contributed by atoms with E-state index in [-0.39, 0.29) is 26.1 Å². The van der Waals surface area contributed by atoms with E-state index in [1.54, 1.807) is 0 Å². The molecule has 0 saturated carbocycles. The Morgan fingerprint density at radius 3 is 2.58 bits per heavy atom. The molecule has 1 aromatic carbocycles. The number of nitrogens with one attached hydrogen (secondary N) is 1. The number of sulfonamides is 1. The predicted molar refractivity (Wildman–Crippen MR) is 82.9 cm³/mol. The number of para-hydroxylation sites is 1. The summed E-state index contributed by atoms with van der Waals surface area (Å²) in [7, 11) is -4.20. The standard InChI is InChI=1S/C15H17F3N2O5S/c16-15(17,18)24-11-4-1-2-5-12(11)26(22,23)20-8-3-6-14(7-9-20)10-19-13(21)25-14/h1-2,4-5H,3,6-10H2,(H,19,21)/t14-/m1/s1. The SMILES string of the molecule is O=C1NC[C@]2(CCCN(S(=O)(=O)c3ccccc3OC(F)(F)F)CC2)O1. The molecule has 1 N–H and O–H groups in total. The summed E-state index contributed by atoms with van der Waals surface area (Å²) in [5.41, 5.74) is -0.774. The van der Waals surface area contributed by atoms with Gasteiger partial charge in [0, 0.05) is 19.5 Å². The Morgan fingerprint density at radius 2 is 1.92 bits per heavy atom. The second-order valence-electron chi connectivity index (χ2n) is 6.18. The molecule has 0 aliphatic carbocycles. The van der Waals surface area contributed by atoms with Crippen LogP contribution < -0.4 is 10.1 Å². The second kappa shape index (κ2) is 6.62. The third kappa shape index (κ3) is 3.88. The van der Waals surface area contributed by atoms with Crippen molar-refractivity contribution >= 4 is 16.1 Å². The Hall–Kier alpha value is -2.01. The average molecular weight is 394 g/mol. The van der Waals surface area contributed by atoms with Gasteiger partial charge in [-0.15, -0.1) is 13.2 Å². The van der Waals surface area contributed by atoms with Crippen molar-refractivity contribution in [3.05, 3.63) is 24.3 Å². The fraction of sp³-hybridized carbons (Fsp3) is 0.533. The minimum Gasteiger partial charge on any atom is -0.441 e. The minimum atomic E-state index is -5.00. The molecule has 1 spiro atoms. The number of alkyl carbamates (subject to hydrolysis) is 1. The summed E-state index contributed by atoms with van der Waals surface area (Å²) in [5.74, 6) is -0.770. The number of carbonyl (C=O) groups excluding carboxylic acids is 1. The number of nitrogens with zero attached hydrogens (tertiary/aromatic N) is 1. The molecule has 0 unspecified atom stereocenters. The Bertz CT molecular complexity index is 799. The summed E-state index contributed by atoms with van der Waals surface area (Å²) in [6.07, 6.45) is -4.41. The molecule has 11 heteroatoms. The predicted octanol–water partition coefficient (Wildman–Crippen LogP) is 2.24. The molecule has 26 heavy (non-hydrogen) atoms. The topological polar surface area (TPSA) is 84.9 Å². The molecular weight excluding hydrogens is 377 g/mol. The molecule has 2 heterocycles. The number of ether oxygens (including phenoxy) is 2. The highest BCUT2D eigenvalue weighted by molar-refractivity contribution is 7.89. The zero-order chi connectivity index (χ0) is 19.0. The molecule has 1 amide bonds. The molecule has 0 radical (unpaired) electrons. The normalized spacial score (nSPS) is 24.8. The quantitative estimate of drug-likeness (QED) is 0.850. The van der Waals surface area contributed by atoms with E-state index < -0.39 is 38.7 Å². The van der Waals surface area contributed by atoms with Crippen LogP contribution in [-0.4, -0.2) is 50.4 Å². The first kappa shape index (κ1) is 18.8. The maximum absolute atomic E-state index is 12.9. The number of alkyl halides is 3. The summed E-state index contributed by atoms with van der Waals surface area (Å²) >= 11 is 0. The van der Waals surface area contributed by atoms with E-state index in [9.17, 15) is 26.4 Å².